The van der Waals surface area contributed by atoms with Crippen LogP contribution in [0.5, 0.6) is 5.75 Å². The van der Waals surface area contributed by atoms with E-state index in [0.717, 1.165) is 41.3 Å². The number of methoxy groups -OCH3 is 1. The zero-order valence-corrected chi connectivity index (χ0v) is 10.6. The average molecular weight is 243 g/mol. The molecule has 0 N–H and O–H groups in total. The lowest BCUT2D eigenvalue weighted by Gasteiger charge is -2.17. The molecule has 0 spiro atoms. The van der Waals surface area contributed by atoms with E-state index in [1.807, 2.05) is 24.3 Å². The number of hydrogen-bond acceptors (Lipinski definition) is 3. The largest absolute Gasteiger partial charge is 0.493 e. The van der Waals surface area contributed by atoms with Crippen molar-refractivity contribution in [3.63, 3.8) is 0 Å². The van der Waals surface area contributed by atoms with Gasteiger partial charge in [0.15, 0.2) is 17.1 Å². The molecule has 0 atom stereocenters. The highest BCUT2D eigenvalue weighted by Crippen LogP contribution is 2.32. The van der Waals surface area contributed by atoms with Gasteiger partial charge in [0.25, 0.3) is 0 Å². The molecule has 1 aromatic carbocycles. The van der Waals surface area contributed by atoms with E-state index in [0.29, 0.717) is 0 Å². The Hall–Kier alpha value is -1.90. The van der Waals surface area contributed by atoms with Crippen LogP contribution in [0.4, 0.5) is 0 Å². The number of para-hydroxylation sites is 1. The molecule has 0 aliphatic carbocycles. The minimum Gasteiger partial charge on any atom is -0.493 e. The molecule has 1 saturated heterocycles. The lowest BCUT2D eigenvalue weighted by Crippen LogP contribution is -2.16. The highest BCUT2D eigenvalue weighted by Gasteiger charge is 2.18. The molecule has 2 heterocycles. The summed E-state index contributed by atoms with van der Waals surface area (Å²) in [6.45, 7) is 6.30. The zero-order chi connectivity index (χ0) is 12.5. The summed E-state index contributed by atoms with van der Waals surface area (Å²) in [4.78, 5) is 2.28. The van der Waals surface area contributed by atoms with Crippen molar-refractivity contribution < 1.29 is 9.15 Å². The number of furan rings is 1. The van der Waals surface area contributed by atoms with Gasteiger partial charge in [-0.25, -0.2) is 0 Å². The first-order valence-corrected chi connectivity index (χ1v) is 6.30. The van der Waals surface area contributed by atoms with Gasteiger partial charge in [-0.15, -0.1) is 0 Å². The number of nitrogens with zero attached hydrogens (tertiary/aromatic N) is 1. The highest BCUT2D eigenvalue weighted by molar-refractivity contribution is 5.86. The first-order valence-electron chi connectivity index (χ1n) is 6.30. The van der Waals surface area contributed by atoms with Crippen molar-refractivity contribution in [3.8, 4) is 5.75 Å². The van der Waals surface area contributed by atoms with Gasteiger partial charge in [0.1, 0.15) is 0 Å². The molecule has 1 aromatic heterocycles. The van der Waals surface area contributed by atoms with E-state index >= 15 is 0 Å². The van der Waals surface area contributed by atoms with E-state index in [1.54, 1.807) is 7.11 Å². The second-order valence-electron chi connectivity index (χ2n) is 4.63. The lowest BCUT2D eigenvalue weighted by molar-refractivity contribution is 0.407. The molecular formula is C15H17NO2. The number of rotatable bonds is 3. The Kier molecular flexibility index (Phi) is 2.74. The summed E-state index contributed by atoms with van der Waals surface area (Å²) in [6, 6.07) is 7.95. The van der Waals surface area contributed by atoms with Crippen molar-refractivity contribution in [2.75, 3.05) is 20.2 Å². The van der Waals surface area contributed by atoms with E-state index in [-0.39, 0.29) is 0 Å². The topological polar surface area (TPSA) is 25.6 Å². The maximum Gasteiger partial charge on any atom is 0.176 e. The van der Waals surface area contributed by atoms with E-state index in [1.165, 1.54) is 12.8 Å². The molecule has 0 radical (unpaired) electrons. The number of hydrogen-bond donors (Lipinski definition) is 0. The molecule has 18 heavy (non-hydrogen) atoms. The van der Waals surface area contributed by atoms with Gasteiger partial charge < -0.3 is 14.1 Å². The number of ether oxygens (including phenoxy) is 1. The molecule has 1 aliphatic heterocycles. The normalized spacial score (nSPS) is 15.3. The fourth-order valence-electron chi connectivity index (χ4n) is 2.48. The van der Waals surface area contributed by atoms with Crippen LogP contribution >= 0.6 is 0 Å². The van der Waals surface area contributed by atoms with Gasteiger partial charge in [-0.2, -0.15) is 0 Å². The standard InChI is InChI=1S/C15H17NO2/c1-11(16-8-3-4-9-16)14-10-12-6-5-7-13(17-2)15(12)18-14/h5-7,10H,1,3-4,8-9H2,2H3. The Morgan fingerprint density at radius 2 is 2.11 bits per heavy atom. The number of benzene rings is 1. The van der Waals surface area contributed by atoms with E-state index < -0.39 is 0 Å². The lowest BCUT2D eigenvalue weighted by atomic mass is 10.2. The molecule has 1 fully saturated rings. The molecule has 0 saturated carbocycles. The Morgan fingerprint density at radius 3 is 2.83 bits per heavy atom. The smallest absolute Gasteiger partial charge is 0.176 e. The fraction of sp³-hybridized carbons (Fsp3) is 0.333. The Balaban J connectivity index is 2.00. The van der Waals surface area contributed by atoms with Gasteiger partial charge in [0.05, 0.1) is 12.8 Å². The molecular weight excluding hydrogens is 226 g/mol. The van der Waals surface area contributed by atoms with Gasteiger partial charge in [-0.1, -0.05) is 18.7 Å². The Bertz CT molecular complexity index is 579. The average Bonchev–Trinajstić information content (AvgIpc) is 3.05. The molecule has 3 heteroatoms. The molecule has 94 valence electrons. The van der Waals surface area contributed by atoms with Crippen molar-refractivity contribution in [1.29, 1.82) is 0 Å². The summed E-state index contributed by atoms with van der Waals surface area (Å²) in [5, 5.41) is 1.06. The van der Waals surface area contributed by atoms with Crippen LogP contribution < -0.4 is 4.74 Å². The van der Waals surface area contributed by atoms with Crippen LogP contribution in [0.25, 0.3) is 16.7 Å². The van der Waals surface area contributed by atoms with Crippen molar-refractivity contribution in [3.05, 3.63) is 36.6 Å². The summed E-state index contributed by atoms with van der Waals surface area (Å²) in [5.41, 5.74) is 1.78. The fourth-order valence-corrected chi connectivity index (χ4v) is 2.48. The molecule has 3 nitrogen and oxygen atoms in total. The summed E-state index contributed by atoms with van der Waals surface area (Å²) in [5.74, 6) is 1.62. The van der Waals surface area contributed by atoms with Crippen molar-refractivity contribution >= 4 is 16.7 Å². The summed E-state index contributed by atoms with van der Waals surface area (Å²) >= 11 is 0. The maximum atomic E-state index is 5.90. The van der Waals surface area contributed by atoms with Crippen LogP contribution in [0.2, 0.25) is 0 Å². The Labute approximate surface area is 107 Å². The first kappa shape index (κ1) is 11.2. The van der Waals surface area contributed by atoms with Crippen molar-refractivity contribution in [1.82, 2.24) is 4.90 Å². The van der Waals surface area contributed by atoms with Crippen LogP contribution in [0.1, 0.15) is 18.6 Å². The van der Waals surface area contributed by atoms with Crippen LogP contribution in [0.15, 0.2) is 35.3 Å². The van der Waals surface area contributed by atoms with Crippen LogP contribution in [0, 0.1) is 0 Å². The van der Waals surface area contributed by atoms with Gasteiger partial charge in [0, 0.05) is 18.5 Å². The minimum absolute atomic E-state index is 0.771. The van der Waals surface area contributed by atoms with Crippen molar-refractivity contribution in [2.24, 2.45) is 0 Å². The third kappa shape index (κ3) is 1.76. The molecule has 1 aliphatic rings. The van der Waals surface area contributed by atoms with E-state index in [2.05, 4.69) is 11.5 Å². The van der Waals surface area contributed by atoms with Crippen LogP contribution in [0.3, 0.4) is 0 Å². The molecule has 2 aromatic rings. The van der Waals surface area contributed by atoms with E-state index in [9.17, 15) is 0 Å². The van der Waals surface area contributed by atoms with Crippen molar-refractivity contribution in [2.45, 2.75) is 12.8 Å². The minimum atomic E-state index is 0.771. The maximum absolute atomic E-state index is 5.90. The molecule has 0 amide bonds. The number of likely N-dealkylation sites (tertiary alicyclic amines) is 1. The number of fused-ring (bicyclic) bond motifs is 1. The first-order chi connectivity index (χ1) is 8.79. The zero-order valence-electron chi connectivity index (χ0n) is 10.6. The van der Waals surface area contributed by atoms with Crippen LogP contribution in [-0.2, 0) is 0 Å². The van der Waals surface area contributed by atoms with Gasteiger partial charge in [0.2, 0.25) is 0 Å². The van der Waals surface area contributed by atoms with E-state index in [4.69, 9.17) is 9.15 Å². The summed E-state index contributed by atoms with van der Waals surface area (Å²) in [7, 11) is 1.66. The summed E-state index contributed by atoms with van der Waals surface area (Å²) < 4.78 is 11.2. The highest BCUT2D eigenvalue weighted by atomic mass is 16.5. The molecule has 0 unspecified atom stereocenters. The van der Waals surface area contributed by atoms with Gasteiger partial charge in [-0.05, 0) is 25.0 Å². The van der Waals surface area contributed by atoms with Gasteiger partial charge in [-0.3, -0.25) is 0 Å². The summed E-state index contributed by atoms with van der Waals surface area (Å²) in [6.07, 6.45) is 2.48. The molecule has 0 bridgehead atoms. The second kappa shape index (κ2) is 4.41. The van der Waals surface area contributed by atoms with Crippen LogP contribution in [-0.4, -0.2) is 25.1 Å². The third-order valence-electron chi connectivity index (χ3n) is 3.50. The predicted molar refractivity (Wildman–Crippen MR) is 72.6 cm³/mol. The predicted octanol–water partition coefficient (Wildman–Crippen LogP) is 3.51. The quantitative estimate of drug-likeness (QED) is 0.825. The second-order valence-corrected chi connectivity index (χ2v) is 4.63. The monoisotopic (exact) mass is 243 g/mol. The third-order valence-corrected chi connectivity index (χ3v) is 3.50. The SMILES string of the molecule is C=C(c1cc2cccc(OC)c2o1)N1CCCC1. The Morgan fingerprint density at radius 1 is 1.33 bits per heavy atom. The molecule has 3 rings (SSSR count). The van der Waals surface area contributed by atoms with Gasteiger partial charge >= 0.3 is 0 Å².